The highest BCUT2D eigenvalue weighted by Gasteiger charge is 2.48. The second-order valence-electron chi connectivity index (χ2n) is 6.23. The minimum absolute atomic E-state index is 0.149. The number of hydrogen-bond acceptors (Lipinski definition) is 7. The third-order valence-corrected chi connectivity index (χ3v) is 4.50. The number of pyridine rings is 1. The van der Waals surface area contributed by atoms with E-state index in [1.165, 1.54) is 6.33 Å². The summed E-state index contributed by atoms with van der Waals surface area (Å²) in [4.78, 5) is 14.6. The van der Waals surface area contributed by atoms with Gasteiger partial charge in [-0.25, -0.2) is 9.97 Å². The Morgan fingerprint density at radius 3 is 3.04 bits per heavy atom. The molecule has 0 saturated carbocycles. The molecular formula is C17H20N4O3. The Bertz CT molecular complexity index is 691. The fourth-order valence-electron chi connectivity index (χ4n) is 3.34. The highest BCUT2D eigenvalue weighted by molar-refractivity contribution is 5.46. The lowest BCUT2D eigenvalue weighted by Crippen LogP contribution is -2.66. The molecule has 7 nitrogen and oxygen atoms in total. The molecule has 4 rings (SSSR count). The average molecular weight is 328 g/mol. The highest BCUT2D eigenvalue weighted by Crippen LogP contribution is 2.37. The van der Waals surface area contributed by atoms with Gasteiger partial charge in [-0.3, -0.25) is 4.98 Å². The van der Waals surface area contributed by atoms with E-state index in [2.05, 4.69) is 19.9 Å². The van der Waals surface area contributed by atoms with Crippen molar-refractivity contribution >= 4 is 5.82 Å². The molecule has 0 N–H and O–H groups in total. The van der Waals surface area contributed by atoms with E-state index >= 15 is 0 Å². The van der Waals surface area contributed by atoms with Crippen LogP contribution in [-0.2, 0) is 4.74 Å². The van der Waals surface area contributed by atoms with Crippen LogP contribution in [0.3, 0.4) is 0 Å². The Kier molecular flexibility index (Phi) is 3.93. The fraction of sp³-hybridized carbons (Fsp3) is 0.471. The van der Waals surface area contributed by atoms with Gasteiger partial charge in [-0.05, 0) is 12.1 Å². The first-order valence-corrected chi connectivity index (χ1v) is 8.08. The molecule has 7 heteroatoms. The number of rotatable bonds is 4. The second-order valence-corrected chi connectivity index (χ2v) is 6.23. The minimum Gasteiger partial charge on any atom is -0.489 e. The number of hydrogen-bond donors (Lipinski definition) is 0. The summed E-state index contributed by atoms with van der Waals surface area (Å²) in [7, 11) is 1.61. The monoisotopic (exact) mass is 328 g/mol. The molecule has 1 spiro atoms. The van der Waals surface area contributed by atoms with Gasteiger partial charge in [0.05, 0.1) is 33.0 Å². The van der Waals surface area contributed by atoms with Crippen molar-refractivity contribution in [3.05, 3.63) is 36.9 Å². The quantitative estimate of drug-likeness (QED) is 0.846. The molecule has 0 aliphatic carbocycles. The number of ether oxygens (including phenoxy) is 3. The zero-order valence-electron chi connectivity index (χ0n) is 13.6. The Hall–Kier alpha value is -2.41. The molecule has 2 saturated heterocycles. The normalized spacial score (nSPS) is 22.0. The maximum atomic E-state index is 6.07. The van der Waals surface area contributed by atoms with E-state index < -0.39 is 0 Å². The summed E-state index contributed by atoms with van der Waals surface area (Å²) in [6, 6.07) is 5.67. The van der Waals surface area contributed by atoms with E-state index in [-0.39, 0.29) is 11.7 Å². The van der Waals surface area contributed by atoms with Crippen molar-refractivity contribution in [3.8, 4) is 11.6 Å². The number of anilines is 1. The molecule has 126 valence electrons. The SMILES string of the molecule is COc1cc(N2CC3(C[C@@H](Oc4cccnc4)CCO3)C2)ncn1. The first-order valence-electron chi connectivity index (χ1n) is 8.08. The predicted molar refractivity (Wildman–Crippen MR) is 87.4 cm³/mol. The fourth-order valence-corrected chi connectivity index (χ4v) is 3.34. The van der Waals surface area contributed by atoms with Crippen molar-refractivity contribution in [3.63, 3.8) is 0 Å². The van der Waals surface area contributed by atoms with Crippen LogP contribution in [0.15, 0.2) is 36.9 Å². The van der Waals surface area contributed by atoms with Crippen molar-refractivity contribution in [1.29, 1.82) is 0 Å². The van der Waals surface area contributed by atoms with Gasteiger partial charge in [0.25, 0.3) is 0 Å². The third-order valence-electron chi connectivity index (χ3n) is 4.50. The van der Waals surface area contributed by atoms with Crippen molar-refractivity contribution in [2.75, 3.05) is 31.7 Å². The van der Waals surface area contributed by atoms with E-state index in [1.807, 2.05) is 18.2 Å². The highest BCUT2D eigenvalue weighted by atomic mass is 16.5. The lowest BCUT2D eigenvalue weighted by molar-refractivity contribution is -0.126. The molecule has 2 aromatic heterocycles. The first kappa shape index (κ1) is 15.1. The average Bonchev–Trinajstić information content (AvgIpc) is 2.61. The predicted octanol–water partition coefficient (Wildman–Crippen LogP) is 1.70. The number of nitrogens with zero attached hydrogens (tertiary/aromatic N) is 4. The van der Waals surface area contributed by atoms with Crippen LogP contribution in [0, 0.1) is 0 Å². The molecular weight excluding hydrogens is 308 g/mol. The summed E-state index contributed by atoms with van der Waals surface area (Å²) in [6.07, 6.45) is 6.96. The summed E-state index contributed by atoms with van der Waals surface area (Å²) < 4.78 is 17.3. The molecule has 0 amide bonds. The summed E-state index contributed by atoms with van der Waals surface area (Å²) in [5, 5.41) is 0. The zero-order valence-corrected chi connectivity index (χ0v) is 13.6. The number of methoxy groups -OCH3 is 1. The summed E-state index contributed by atoms with van der Waals surface area (Å²) in [6.45, 7) is 2.33. The zero-order chi connectivity index (χ0) is 16.4. The molecule has 2 aliphatic heterocycles. The van der Waals surface area contributed by atoms with Crippen LogP contribution in [-0.4, -0.2) is 53.5 Å². The van der Waals surface area contributed by atoms with Gasteiger partial charge in [-0.15, -0.1) is 0 Å². The van der Waals surface area contributed by atoms with E-state index in [1.54, 1.807) is 19.5 Å². The Labute approximate surface area is 140 Å². The summed E-state index contributed by atoms with van der Waals surface area (Å²) >= 11 is 0. The third kappa shape index (κ3) is 2.99. The minimum atomic E-state index is -0.149. The smallest absolute Gasteiger partial charge is 0.218 e. The van der Waals surface area contributed by atoms with Crippen LogP contribution >= 0.6 is 0 Å². The van der Waals surface area contributed by atoms with Crippen molar-refractivity contribution < 1.29 is 14.2 Å². The molecule has 2 aromatic rings. The second kappa shape index (κ2) is 6.24. The maximum absolute atomic E-state index is 6.07. The van der Waals surface area contributed by atoms with E-state index in [4.69, 9.17) is 14.2 Å². The topological polar surface area (TPSA) is 69.6 Å². The van der Waals surface area contributed by atoms with Crippen molar-refractivity contribution in [2.45, 2.75) is 24.5 Å². The molecule has 4 heterocycles. The first-order chi connectivity index (χ1) is 11.8. The van der Waals surface area contributed by atoms with Crippen LogP contribution in [0.1, 0.15) is 12.8 Å². The van der Waals surface area contributed by atoms with Crippen LogP contribution < -0.4 is 14.4 Å². The Morgan fingerprint density at radius 1 is 1.33 bits per heavy atom. The van der Waals surface area contributed by atoms with Gasteiger partial charge in [0, 0.05) is 25.1 Å². The molecule has 0 aromatic carbocycles. The molecule has 1 atom stereocenters. The lowest BCUT2D eigenvalue weighted by atomic mass is 9.84. The molecule has 0 unspecified atom stereocenters. The molecule has 24 heavy (non-hydrogen) atoms. The van der Waals surface area contributed by atoms with Crippen molar-refractivity contribution in [1.82, 2.24) is 15.0 Å². The van der Waals surface area contributed by atoms with E-state index in [0.29, 0.717) is 12.5 Å². The molecule has 2 aliphatic rings. The molecule has 0 bridgehead atoms. The maximum Gasteiger partial charge on any atom is 0.218 e. The number of aromatic nitrogens is 3. The van der Waals surface area contributed by atoms with Gasteiger partial charge >= 0.3 is 0 Å². The lowest BCUT2D eigenvalue weighted by Gasteiger charge is -2.53. The van der Waals surface area contributed by atoms with Crippen LogP contribution in [0.5, 0.6) is 11.6 Å². The van der Waals surface area contributed by atoms with Gasteiger partial charge in [-0.1, -0.05) is 0 Å². The summed E-state index contributed by atoms with van der Waals surface area (Å²) in [5.74, 6) is 2.26. The molecule has 0 radical (unpaired) electrons. The van der Waals surface area contributed by atoms with Crippen LogP contribution in [0.2, 0.25) is 0 Å². The largest absolute Gasteiger partial charge is 0.489 e. The van der Waals surface area contributed by atoms with E-state index in [9.17, 15) is 0 Å². The molecule has 2 fully saturated rings. The Balaban J connectivity index is 1.38. The Morgan fingerprint density at radius 2 is 2.25 bits per heavy atom. The van der Waals surface area contributed by atoms with Crippen LogP contribution in [0.25, 0.3) is 0 Å². The van der Waals surface area contributed by atoms with Gasteiger partial charge in [0.2, 0.25) is 5.88 Å². The van der Waals surface area contributed by atoms with Crippen molar-refractivity contribution in [2.24, 2.45) is 0 Å². The van der Waals surface area contributed by atoms with E-state index in [0.717, 1.165) is 37.5 Å². The van der Waals surface area contributed by atoms with Gasteiger partial charge in [0.1, 0.15) is 29.6 Å². The summed E-state index contributed by atoms with van der Waals surface area (Å²) in [5.41, 5.74) is -0.149. The van der Waals surface area contributed by atoms with Gasteiger partial charge in [0.15, 0.2) is 0 Å². The van der Waals surface area contributed by atoms with Gasteiger partial charge < -0.3 is 19.1 Å². The standard InChI is InChI=1S/C17H20N4O3/c1-22-16-7-15(19-12-20-16)21-10-17(11-21)8-13(4-6-23-17)24-14-3-2-5-18-9-14/h2-3,5,7,9,12-13H,4,6,8,10-11H2,1H3/t13-/m0/s1. The van der Waals surface area contributed by atoms with Gasteiger partial charge in [-0.2, -0.15) is 0 Å². The van der Waals surface area contributed by atoms with Crippen LogP contribution in [0.4, 0.5) is 5.82 Å².